The SMILES string of the molecule is CCCCCCCCCCCCCC/C=C/CCC[N+](C(C)C(=O)O)(C(C)C(=O)O)C(C)C(=O)O. The maximum atomic E-state index is 11.8. The Morgan fingerprint density at radius 3 is 1.23 bits per heavy atom. The molecule has 0 radical (unpaired) electrons. The molecule has 0 saturated heterocycles. The van der Waals surface area contributed by atoms with Gasteiger partial charge < -0.3 is 15.3 Å². The molecule has 0 saturated carbocycles. The summed E-state index contributed by atoms with van der Waals surface area (Å²) < 4.78 is -0.507. The third-order valence-corrected chi connectivity index (χ3v) is 7.54. The normalized spacial score (nSPS) is 16.0. The van der Waals surface area contributed by atoms with Crippen molar-refractivity contribution in [3.63, 3.8) is 0 Å². The average Bonchev–Trinajstić information content (AvgIpc) is 2.82. The van der Waals surface area contributed by atoms with Gasteiger partial charge in [0.1, 0.15) is 0 Å². The number of carbonyl (C=O) groups is 3. The van der Waals surface area contributed by atoms with Gasteiger partial charge >= 0.3 is 17.9 Å². The molecule has 0 rings (SSSR count). The number of allylic oxidation sites excluding steroid dienone is 2. The zero-order valence-electron chi connectivity index (χ0n) is 22.7. The van der Waals surface area contributed by atoms with Gasteiger partial charge in [0.2, 0.25) is 0 Å². The molecule has 3 N–H and O–H groups in total. The first-order valence-corrected chi connectivity index (χ1v) is 13.8. The number of unbranched alkanes of at least 4 members (excludes halogenated alkanes) is 13. The Bertz CT molecular complexity index is 583. The fraction of sp³-hybridized carbons (Fsp3) is 0.821. The number of rotatable bonds is 23. The predicted octanol–water partition coefficient (Wildman–Crippen LogP) is 6.65. The van der Waals surface area contributed by atoms with Gasteiger partial charge in [-0.05, 0) is 40.0 Å². The van der Waals surface area contributed by atoms with Gasteiger partial charge in [0.25, 0.3) is 0 Å². The van der Waals surface area contributed by atoms with E-state index in [0.29, 0.717) is 12.8 Å². The maximum absolute atomic E-state index is 11.8. The minimum atomic E-state index is -1.19. The molecule has 0 amide bonds. The number of carboxylic acids is 3. The highest BCUT2D eigenvalue weighted by Crippen LogP contribution is 2.27. The molecule has 0 aliphatic heterocycles. The van der Waals surface area contributed by atoms with E-state index in [-0.39, 0.29) is 6.54 Å². The van der Waals surface area contributed by atoms with Gasteiger partial charge in [0.05, 0.1) is 6.54 Å². The summed E-state index contributed by atoms with van der Waals surface area (Å²) in [6, 6.07) is -3.42. The third kappa shape index (κ3) is 12.6. The average molecular weight is 499 g/mol. The lowest BCUT2D eigenvalue weighted by Crippen LogP contribution is -2.70. The summed E-state index contributed by atoms with van der Waals surface area (Å²) in [6.07, 6.45) is 22.2. The Balaban J connectivity index is 4.35. The molecule has 35 heavy (non-hydrogen) atoms. The molecule has 0 aromatic heterocycles. The molecular formula is C28H52NO6+. The van der Waals surface area contributed by atoms with Crippen molar-refractivity contribution in [3.05, 3.63) is 12.2 Å². The summed E-state index contributed by atoms with van der Waals surface area (Å²) in [4.78, 5) is 35.3. The van der Waals surface area contributed by atoms with E-state index in [4.69, 9.17) is 0 Å². The summed E-state index contributed by atoms with van der Waals surface area (Å²) >= 11 is 0. The van der Waals surface area contributed by atoms with Crippen molar-refractivity contribution < 1.29 is 34.2 Å². The van der Waals surface area contributed by atoms with Crippen LogP contribution in [-0.2, 0) is 14.4 Å². The minimum absolute atomic E-state index is 0.178. The molecule has 0 aromatic rings. The van der Waals surface area contributed by atoms with E-state index in [0.717, 1.165) is 12.8 Å². The van der Waals surface area contributed by atoms with Crippen LogP contribution in [0.3, 0.4) is 0 Å². The highest BCUT2D eigenvalue weighted by Gasteiger charge is 2.52. The molecule has 204 valence electrons. The molecule has 0 aliphatic carbocycles. The lowest BCUT2D eigenvalue weighted by Gasteiger charge is -2.47. The molecule has 0 aliphatic rings. The molecule has 0 bridgehead atoms. The second-order valence-corrected chi connectivity index (χ2v) is 10.1. The lowest BCUT2D eigenvalue weighted by atomic mass is 10.0. The largest absolute Gasteiger partial charge is 0.477 e. The van der Waals surface area contributed by atoms with Gasteiger partial charge in [-0.1, -0.05) is 89.7 Å². The molecule has 7 nitrogen and oxygen atoms in total. The first-order chi connectivity index (χ1) is 16.6. The fourth-order valence-electron chi connectivity index (χ4n) is 5.03. The van der Waals surface area contributed by atoms with Crippen LogP contribution in [0.15, 0.2) is 12.2 Å². The number of quaternary nitrogens is 1. The number of hydrogen-bond donors (Lipinski definition) is 3. The highest BCUT2D eigenvalue weighted by atomic mass is 16.4. The summed E-state index contributed by atoms with van der Waals surface area (Å²) in [7, 11) is 0. The van der Waals surface area contributed by atoms with Crippen LogP contribution < -0.4 is 0 Å². The summed E-state index contributed by atoms with van der Waals surface area (Å²) in [5, 5.41) is 28.8. The highest BCUT2D eigenvalue weighted by molar-refractivity contribution is 5.77. The van der Waals surface area contributed by atoms with Crippen LogP contribution in [0.2, 0.25) is 0 Å². The van der Waals surface area contributed by atoms with E-state index in [1.807, 2.05) is 0 Å². The van der Waals surface area contributed by atoms with Crippen molar-refractivity contribution >= 4 is 17.9 Å². The molecule has 3 unspecified atom stereocenters. The van der Waals surface area contributed by atoms with Crippen LogP contribution in [0.1, 0.15) is 124 Å². The van der Waals surface area contributed by atoms with Gasteiger partial charge in [-0.3, -0.25) is 4.48 Å². The van der Waals surface area contributed by atoms with Crippen LogP contribution in [0, 0.1) is 0 Å². The molecule has 0 spiro atoms. The number of hydrogen-bond acceptors (Lipinski definition) is 3. The van der Waals surface area contributed by atoms with E-state index < -0.39 is 40.5 Å². The predicted molar refractivity (Wildman–Crippen MR) is 140 cm³/mol. The third-order valence-electron chi connectivity index (χ3n) is 7.54. The molecule has 0 heterocycles. The fourth-order valence-corrected chi connectivity index (χ4v) is 5.03. The van der Waals surface area contributed by atoms with Crippen molar-refractivity contribution in [1.82, 2.24) is 0 Å². The van der Waals surface area contributed by atoms with Gasteiger partial charge in [0, 0.05) is 6.42 Å². The van der Waals surface area contributed by atoms with Crippen LogP contribution in [0.25, 0.3) is 0 Å². The number of carboxylic acid groups (broad SMARTS) is 3. The first-order valence-electron chi connectivity index (χ1n) is 13.8. The number of nitrogens with zero attached hydrogens (tertiary/aromatic N) is 1. The first kappa shape index (κ1) is 33.1. The quantitative estimate of drug-likeness (QED) is 0.0826. The van der Waals surface area contributed by atoms with Gasteiger partial charge in [0.15, 0.2) is 18.1 Å². The van der Waals surface area contributed by atoms with E-state index in [1.165, 1.54) is 91.4 Å². The van der Waals surface area contributed by atoms with E-state index in [9.17, 15) is 29.7 Å². The van der Waals surface area contributed by atoms with Gasteiger partial charge in [-0.25, -0.2) is 14.4 Å². The Morgan fingerprint density at radius 2 is 0.886 bits per heavy atom. The molecule has 0 fully saturated rings. The van der Waals surface area contributed by atoms with Crippen LogP contribution in [0.4, 0.5) is 0 Å². The van der Waals surface area contributed by atoms with Crippen molar-refractivity contribution in [2.45, 2.75) is 142 Å². The molecule has 0 aromatic carbocycles. The summed E-state index contributed by atoms with van der Waals surface area (Å²) in [5.41, 5.74) is 0. The number of aliphatic carboxylic acids is 3. The molecule has 7 heteroatoms. The van der Waals surface area contributed by atoms with Crippen LogP contribution in [0.5, 0.6) is 0 Å². The Kier molecular flexibility index (Phi) is 18.3. The van der Waals surface area contributed by atoms with Crippen molar-refractivity contribution in [3.8, 4) is 0 Å². The van der Waals surface area contributed by atoms with Crippen LogP contribution >= 0.6 is 0 Å². The Hall–Kier alpha value is -1.89. The Morgan fingerprint density at radius 1 is 0.571 bits per heavy atom. The smallest absolute Gasteiger partial charge is 0.362 e. The lowest BCUT2D eigenvalue weighted by molar-refractivity contribution is -0.968. The topological polar surface area (TPSA) is 112 Å². The van der Waals surface area contributed by atoms with Gasteiger partial charge in [-0.2, -0.15) is 0 Å². The van der Waals surface area contributed by atoms with E-state index >= 15 is 0 Å². The zero-order chi connectivity index (χ0) is 26.7. The standard InChI is InChI=1S/C28H51NO6/c1-5-6-7-8-9-10-11-12-13-14-15-16-17-18-19-20-21-22-29(23(2)26(30)31,24(3)27(32)33)25(4)28(34)35/h18-19,23-25H,5-17,20-22H2,1-4H3,(H2-,30,31,32,33,34,35)/p+1/b19-18+. The minimum Gasteiger partial charge on any atom is -0.477 e. The van der Waals surface area contributed by atoms with Crippen molar-refractivity contribution in [2.24, 2.45) is 0 Å². The van der Waals surface area contributed by atoms with E-state index in [1.54, 1.807) is 0 Å². The summed E-state index contributed by atoms with van der Waals surface area (Å²) in [6.45, 7) is 6.65. The molecule has 3 atom stereocenters. The Labute approximate surface area is 213 Å². The van der Waals surface area contributed by atoms with Crippen molar-refractivity contribution in [1.29, 1.82) is 0 Å². The summed E-state index contributed by atoms with van der Waals surface area (Å²) in [5.74, 6) is -3.56. The molecular weight excluding hydrogens is 446 g/mol. The zero-order valence-corrected chi connectivity index (χ0v) is 22.7. The maximum Gasteiger partial charge on any atom is 0.362 e. The van der Waals surface area contributed by atoms with E-state index in [2.05, 4.69) is 19.1 Å². The second kappa shape index (κ2) is 19.3. The second-order valence-electron chi connectivity index (χ2n) is 10.1. The monoisotopic (exact) mass is 498 g/mol. The van der Waals surface area contributed by atoms with Crippen molar-refractivity contribution in [2.75, 3.05) is 6.54 Å². The van der Waals surface area contributed by atoms with Gasteiger partial charge in [-0.15, -0.1) is 0 Å². The van der Waals surface area contributed by atoms with Crippen LogP contribution in [-0.4, -0.2) is 62.4 Å².